The van der Waals surface area contributed by atoms with Gasteiger partial charge in [0.2, 0.25) is 0 Å². The number of carbonyl (C=O) groups excluding carboxylic acids is 1. The first kappa shape index (κ1) is 14.9. The SMILES string of the molecule is CC(C)c1cccc(OCC(=O)OC2(C)CCCC2)c1. The van der Waals surface area contributed by atoms with Gasteiger partial charge in [0.1, 0.15) is 11.4 Å². The fourth-order valence-corrected chi connectivity index (χ4v) is 2.63. The highest BCUT2D eigenvalue weighted by atomic mass is 16.6. The molecule has 110 valence electrons. The van der Waals surface area contributed by atoms with Gasteiger partial charge in [0.25, 0.3) is 0 Å². The van der Waals surface area contributed by atoms with Gasteiger partial charge in [0, 0.05) is 0 Å². The standard InChI is InChI=1S/C17H24O3/c1-13(2)14-7-6-8-15(11-14)19-12-16(18)20-17(3)9-4-5-10-17/h6-8,11,13H,4-5,9-10,12H2,1-3H3. The highest BCUT2D eigenvalue weighted by molar-refractivity contribution is 5.71. The van der Waals surface area contributed by atoms with Crippen molar-refractivity contribution >= 4 is 5.97 Å². The van der Waals surface area contributed by atoms with E-state index in [9.17, 15) is 4.79 Å². The number of hydrogen-bond donors (Lipinski definition) is 0. The lowest BCUT2D eigenvalue weighted by Gasteiger charge is -2.24. The Bertz CT molecular complexity index is 459. The molecule has 1 fully saturated rings. The van der Waals surface area contributed by atoms with E-state index >= 15 is 0 Å². The predicted octanol–water partition coefficient (Wildman–Crippen LogP) is 4.06. The Balaban J connectivity index is 1.85. The molecule has 1 aliphatic rings. The fraction of sp³-hybridized carbons (Fsp3) is 0.588. The van der Waals surface area contributed by atoms with Crippen molar-refractivity contribution < 1.29 is 14.3 Å². The van der Waals surface area contributed by atoms with Crippen molar-refractivity contribution in [2.24, 2.45) is 0 Å². The molecule has 0 saturated heterocycles. The van der Waals surface area contributed by atoms with Gasteiger partial charge in [-0.3, -0.25) is 0 Å². The van der Waals surface area contributed by atoms with Crippen molar-refractivity contribution in [1.82, 2.24) is 0 Å². The lowest BCUT2D eigenvalue weighted by atomic mass is 10.0. The van der Waals surface area contributed by atoms with Gasteiger partial charge >= 0.3 is 5.97 Å². The molecule has 0 bridgehead atoms. The van der Waals surface area contributed by atoms with Crippen LogP contribution in [0.2, 0.25) is 0 Å². The molecule has 1 saturated carbocycles. The summed E-state index contributed by atoms with van der Waals surface area (Å²) in [5, 5.41) is 0. The van der Waals surface area contributed by atoms with Crippen molar-refractivity contribution in [2.75, 3.05) is 6.61 Å². The molecule has 0 heterocycles. The maximum absolute atomic E-state index is 11.8. The van der Waals surface area contributed by atoms with Crippen molar-refractivity contribution in [2.45, 2.75) is 58.0 Å². The van der Waals surface area contributed by atoms with Crippen molar-refractivity contribution in [3.8, 4) is 5.75 Å². The second kappa shape index (κ2) is 6.29. The summed E-state index contributed by atoms with van der Waals surface area (Å²) in [6, 6.07) is 7.87. The molecule has 0 radical (unpaired) electrons. The van der Waals surface area contributed by atoms with Crippen LogP contribution in [0.1, 0.15) is 57.9 Å². The van der Waals surface area contributed by atoms with Gasteiger partial charge in [-0.15, -0.1) is 0 Å². The highest BCUT2D eigenvalue weighted by Crippen LogP contribution is 2.32. The Labute approximate surface area is 121 Å². The molecule has 20 heavy (non-hydrogen) atoms. The highest BCUT2D eigenvalue weighted by Gasteiger charge is 2.32. The smallest absolute Gasteiger partial charge is 0.344 e. The van der Waals surface area contributed by atoms with E-state index in [4.69, 9.17) is 9.47 Å². The third kappa shape index (κ3) is 3.99. The zero-order valence-corrected chi connectivity index (χ0v) is 12.6. The number of esters is 1. The molecule has 0 aromatic heterocycles. The lowest BCUT2D eigenvalue weighted by Crippen LogP contribution is -2.30. The van der Waals surface area contributed by atoms with E-state index in [1.54, 1.807) is 0 Å². The Kier molecular flexibility index (Phi) is 4.69. The summed E-state index contributed by atoms with van der Waals surface area (Å²) in [5.41, 5.74) is 0.930. The van der Waals surface area contributed by atoms with Gasteiger partial charge < -0.3 is 9.47 Å². The minimum atomic E-state index is -0.278. The van der Waals surface area contributed by atoms with Crippen LogP contribution >= 0.6 is 0 Å². The molecule has 1 aliphatic carbocycles. The Morgan fingerprint density at radius 1 is 1.30 bits per heavy atom. The van der Waals surface area contributed by atoms with E-state index in [2.05, 4.69) is 19.9 Å². The quantitative estimate of drug-likeness (QED) is 0.761. The van der Waals surface area contributed by atoms with Crippen LogP contribution in [0.15, 0.2) is 24.3 Å². The van der Waals surface area contributed by atoms with Crippen molar-refractivity contribution in [1.29, 1.82) is 0 Å². The number of benzene rings is 1. The fourth-order valence-electron chi connectivity index (χ4n) is 2.63. The molecule has 0 atom stereocenters. The van der Waals surface area contributed by atoms with Gasteiger partial charge in [-0.25, -0.2) is 4.79 Å². The van der Waals surface area contributed by atoms with Crippen LogP contribution in [0.4, 0.5) is 0 Å². The first-order chi connectivity index (χ1) is 9.48. The van der Waals surface area contributed by atoms with E-state index in [1.165, 1.54) is 5.56 Å². The molecule has 0 spiro atoms. The molecule has 2 rings (SSSR count). The molecule has 0 amide bonds. The first-order valence-electron chi connectivity index (χ1n) is 7.43. The molecular weight excluding hydrogens is 252 g/mol. The van der Waals surface area contributed by atoms with E-state index < -0.39 is 0 Å². The summed E-state index contributed by atoms with van der Waals surface area (Å²) in [6.45, 7) is 6.26. The van der Waals surface area contributed by atoms with Crippen LogP contribution in [0.3, 0.4) is 0 Å². The third-order valence-electron chi connectivity index (χ3n) is 3.90. The van der Waals surface area contributed by atoms with E-state index in [0.717, 1.165) is 31.4 Å². The van der Waals surface area contributed by atoms with Crippen LogP contribution in [0, 0.1) is 0 Å². The van der Waals surface area contributed by atoms with Gasteiger partial charge in [-0.05, 0) is 56.2 Å². The zero-order chi connectivity index (χ0) is 14.6. The van der Waals surface area contributed by atoms with Gasteiger partial charge in [0.05, 0.1) is 0 Å². The maximum Gasteiger partial charge on any atom is 0.344 e. The van der Waals surface area contributed by atoms with E-state index in [-0.39, 0.29) is 18.2 Å². The molecule has 3 heteroatoms. The predicted molar refractivity (Wildman–Crippen MR) is 79.0 cm³/mol. The third-order valence-corrected chi connectivity index (χ3v) is 3.90. The van der Waals surface area contributed by atoms with Gasteiger partial charge in [-0.2, -0.15) is 0 Å². The van der Waals surface area contributed by atoms with Crippen LogP contribution < -0.4 is 4.74 Å². The summed E-state index contributed by atoms with van der Waals surface area (Å²) >= 11 is 0. The number of hydrogen-bond acceptors (Lipinski definition) is 3. The van der Waals surface area contributed by atoms with Crippen LogP contribution in [-0.4, -0.2) is 18.2 Å². The van der Waals surface area contributed by atoms with Crippen molar-refractivity contribution in [3.63, 3.8) is 0 Å². The normalized spacial score (nSPS) is 17.2. The average Bonchev–Trinajstić information content (AvgIpc) is 2.83. The van der Waals surface area contributed by atoms with Crippen molar-refractivity contribution in [3.05, 3.63) is 29.8 Å². The summed E-state index contributed by atoms with van der Waals surface area (Å²) in [5.74, 6) is 0.900. The van der Waals surface area contributed by atoms with Crippen LogP contribution in [0.25, 0.3) is 0 Å². The summed E-state index contributed by atoms with van der Waals surface area (Å²) < 4.78 is 11.1. The molecule has 0 N–H and O–H groups in total. The topological polar surface area (TPSA) is 35.5 Å². The first-order valence-corrected chi connectivity index (χ1v) is 7.43. The molecule has 0 aliphatic heterocycles. The molecule has 1 aromatic rings. The summed E-state index contributed by atoms with van der Waals surface area (Å²) in [6.07, 6.45) is 4.20. The molecule has 0 unspecified atom stereocenters. The van der Waals surface area contributed by atoms with Gasteiger partial charge in [-0.1, -0.05) is 26.0 Å². The maximum atomic E-state index is 11.8. The Morgan fingerprint density at radius 2 is 2.00 bits per heavy atom. The van der Waals surface area contributed by atoms with E-state index in [1.807, 2.05) is 25.1 Å². The molecule has 1 aromatic carbocycles. The molecular formula is C17H24O3. The number of rotatable bonds is 5. The average molecular weight is 276 g/mol. The van der Waals surface area contributed by atoms with Crippen LogP contribution in [0.5, 0.6) is 5.75 Å². The number of carbonyl (C=O) groups is 1. The Hall–Kier alpha value is -1.51. The lowest BCUT2D eigenvalue weighted by molar-refractivity contribution is -0.159. The zero-order valence-electron chi connectivity index (χ0n) is 12.6. The summed E-state index contributed by atoms with van der Waals surface area (Å²) in [4.78, 5) is 11.8. The second-order valence-electron chi connectivity index (χ2n) is 6.15. The van der Waals surface area contributed by atoms with E-state index in [0.29, 0.717) is 5.92 Å². The minimum Gasteiger partial charge on any atom is -0.482 e. The summed E-state index contributed by atoms with van der Waals surface area (Å²) in [7, 11) is 0. The monoisotopic (exact) mass is 276 g/mol. The largest absolute Gasteiger partial charge is 0.482 e. The molecule has 3 nitrogen and oxygen atoms in total. The second-order valence-corrected chi connectivity index (χ2v) is 6.15. The Morgan fingerprint density at radius 3 is 2.65 bits per heavy atom. The number of ether oxygens (including phenoxy) is 2. The minimum absolute atomic E-state index is 0.0167. The van der Waals surface area contributed by atoms with Gasteiger partial charge in [0.15, 0.2) is 6.61 Å². The van der Waals surface area contributed by atoms with Crippen LogP contribution in [-0.2, 0) is 9.53 Å².